The molecular formula is C21H16F7N2O5S-. The van der Waals surface area contributed by atoms with Crippen LogP contribution in [0.3, 0.4) is 0 Å². The Morgan fingerprint density at radius 2 is 1.64 bits per heavy atom. The average molecular weight is 541 g/mol. The Hall–Kier alpha value is -3.36. The van der Waals surface area contributed by atoms with Crippen LogP contribution in [0.1, 0.15) is 36.2 Å². The van der Waals surface area contributed by atoms with Gasteiger partial charge in [0.15, 0.2) is 5.78 Å². The molecule has 1 aliphatic heterocycles. The lowest BCUT2D eigenvalue weighted by Crippen LogP contribution is -2.60. The molecule has 1 heterocycles. The minimum Gasteiger partial charge on any atom is -0.530 e. The van der Waals surface area contributed by atoms with Gasteiger partial charge in [-0.25, -0.2) is 12.8 Å². The van der Waals surface area contributed by atoms with E-state index in [4.69, 9.17) is 0 Å². The van der Waals surface area contributed by atoms with Crippen LogP contribution in [0.25, 0.3) is 0 Å². The summed E-state index contributed by atoms with van der Waals surface area (Å²) in [6.07, 6.45) is -13.1. The van der Waals surface area contributed by atoms with E-state index in [0.29, 0.717) is 30.3 Å². The first-order valence-corrected chi connectivity index (χ1v) is 11.4. The van der Waals surface area contributed by atoms with Gasteiger partial charge in [-0.2, -0.15) is 26.3 Å². The van der Waals surface area contributed by atoms with Gasteiger partial charge in [-0.1, -0.05) is 0 Å². The summed E-state index contributed by atoms with van der Waals surface area (Å²) in [5, 5.41) is 11.7. The number of halogens is 7. The van der Waals surface area contributed by atoms with Gasteiger partial charge in [0, 0.05) is 24.2 Å². The first-order chi connectivity index (χ1) is 16.3. The van der Waals surface area contributed by atoms with Crippen molar-refractivity contribution in [3.05, 3.63) is 53.3 Å². The van der Waals surface area contributed by atoms with Crippen LogP contribution in [-0.2, 0) is 16.2 Å². The molecule has 0 spiro atoms. The SMILES string of the molecule is CC(C)(N(C(=O)[O-])c1ccc2c(c1)N(S(=O)(=O)c1ccc(F)c(C(F)(F)F)c1)CCC2=O)C(F)(F)F. The molecule has 0 bridgehead atoms. The van der Waals surface area contributed by atoms with E-state index in [1.54, 1.807) is 0 Å². The number of nitrogens with zero attached hydrogens (tertiary/aromatic N) is 2. The highest BCUT2D eigenvalue weighted by atomic mass is 32.2. The Balaban J connectivity index is 2.21. The number of carbonyl (C=O) groups excluding carboxylic acids is 2. The number of alkyl halides is 6. The van der Waals surface area contributed by atoms with Gasteiger partial charge in [0.2, 0.25) is 0 Å². The Morgan fingerprint density at radius 1 is 1.03 bits per heavy atom. The Bertz CT molecular complexity index is 1340. The van der Waals surface area contributed by atoms with Crippen molar-refractivity contribution in [2.45, 2.75) is 43.1 Å². The van der Waals surface area contributed by atoms with Crippen LogP contribution in [0.2, 0.25) is 0 Å². The maximum Gasteiger partial charge on any atom is 0.419 e. The predicted molar refractivity (Wildman–Crippen MR) is 109 cm³/mol. The molecule has 2 aromatic rings. The molecule has 0 radical (unpaired) electrons. The molecule has 0 unspecified atom stereocenters. The molecule has 0 aliphatic carbocycles. The second-order valence-electron chi connectivity index (χ2n) is 8.25. The normalized spacial score (nSPS) is 15.0. The minimum atomic E-state index is -5.24. The molecule has 0 aromatic heterocycles. The number of hydrogen-bond donors (Lipinski definition) is 0. The number of fused-ring (bicyclic) bond motifs is 1. The van der Waals surface area contributed by atoms with Crippen molar-refractivity contribution in [2.75, 3.05) is 15.7 Å². The Morgan fingerprint density at radius 3 is 2.17 bits per heavy atom. The lowest BCUT2D eigenvalue weighted by molar-refractivity contribution is -0.254. The van der Waals surface area contributed by atoms with Crippen molar-refractivity contribution in [3.63, 3.8) is 0 Å². The highest BCUT2D eigenvalue weighted by Crippen LogP contribution is 2.41. The largest absolute Gasteiger partial charge is 0.530 e. The molecule has 0 atom stereocenters. The number of anilines is 2. The standard InChI is InChI=1S/C21H17F7N2O5S/c1-19(2,21(26,27)28)30(18(32)33)11-3-5-13-16(9-11)29(8-7-17(13)31)36(34,35)12-4-6-15(22)14(10-12)20(23,24)25/h3-6,9-10H,7-8H2,1-2H3,(H,32,33)/p-1. The first kappa shape index (κ1) is 27.2. The monoisotopic (exact) mass is 541 g/mol. The number of Topliss-reactive ketones (excluding diaryl/α,β-unsaturated/α-hetero) is 1. The zero-order valence-corrected chi connectivity index (χ0v) is 19.2. The molecule has 0 saturated heterocycles. The van der Waals surface area contributed by atoms with E-state index in [1.165, 1.54) is 0 Å². The molecule has 7 nitrogen and oxygen atoms in total. The van der Waals surface area contributed by atoms with Crippen molar-refractivity contribution in [1.82, 2.24) is 0 Å². The number of hydrogen-bond acceptors (Lipinski definition) is 5. The van der Waals surface area contributed by atoms with Crippen molar-refractivity contribution in [2.24, 2.45) is 0 Å². The molecular weight excluding hydrogens is 525 g/mol. The third-order valence-corrected chi connectivity index (χ3v) is 7.43. The average Bonchev–Trinajstić information content (AvgIpc) is 2.72. The zero-order valence-electron chi connectivity index (χ0n) is 18.4. The van der Waals surface area contributed by atoms with Gasteiger partial charge in [0.05, 0.1) is 16.1 Å². The molecule has 0 N–H and O–H groups in total. The number of sulfonamides is 1. The first-order valence-electron chi connectivity index (χ1n) is 9.95. The number of carbonyl (C=O) groups is 2. The Kier molecular flexibility index (Phi) is 6.53. The molecule has 15 heteroatoms. The van der Waals surface area contributed by atoms with Crippen molar-refractivity contribution in [1.29, 1.82) is 0 Å². The summed E-state index contributed by atoms with van der Waals surface area (Å²) in [6, 6.07) is 3.32. The second-order valence-corrected chi connectivity index (χ2v) is 10.1. The summed E-state index contributed by atoms with van der Waals surface area (Å²) in [4.78, 5) is 22.8. The van der Waals surface area contributed by atoms with Gasteiger partial charge in [0.1, 0.15) is 17.4 Å². The van der Waals surface area contributed by atoms with Gasteiger partial charge in [-0.3, -0.25) is 9.10 Å². The molecule has 1 aliphatic rings. The van der Waals surface area contributed by atoms with E-state index in [9.17, 15) is 53.8 Å². The van der Waals surface area contributed by atoms with Crippen molar-refractivity contribution >= 4 is 33.3 Å². The second kappa shape index (κ2) is 8.64. The van der Waals surface area contributed by atoms with E-state index >= 15 is 0 Å². The van der Waals surface area contributed by atoms with Gasteiger partial charge >= 0.3 is 12.4 Å². The maximum atomic E-state index is 13.7. The number of rotatable bonds is 4. The maximum absolute atomic E-state index is 13.7. The van der Waals surface area contributed by atoms with Crippen molar-refractivity contribution < 1.29 is 53.8 Å². The number of benzene rings is 2. The van der Waals surface area contributed by atoms with Gasteiger partial charge < -0.3 is 14.8 Å². The quantitative estimate of drug-likeness (QED) is 0.543. The lowest BCUT2D eigenvalue weighted by atomic mass is 9.98. The number of ketones is 1. The predicted octanol–water partition coefficient (Wildman–Crippen LogP) is 4.12. The fraction of sp³-hybridized carbons (Fsp3) is 0.333. The third kappa shape index (κ3) is 4.58. The van der Waals surface area contributed by atoms with Gasteiger partial charge in [-0.05, 0) is 50.2 Å². The number of carboxylic acid groups (broad SMARTS) is 1. The van der Waals surface area contributed by atoms with E-state index in [1.807, 2.05) is 0 Å². The van der Waals surface area contributed by atoms with Crippen LogP contribution in [0, 0.1) is 5.82 Å². The molecule has 196 valence electrons. The molecule has 36 heavy (non-hydrogen) atoms. The van der Waals surface area contributed by atoms with Crippen LogP contribution in [-0.4, -0.2) is 38.6 Å². The fourth-order valence-electron chi connectivity index (χ4n) is 3.60. The summed E-state index contributed by atoms with van der Waals surface area (Å²) >= 11 is 0. The van der Waals surface area contributed by atoms with E-state index in [0.717, 1.165) is 12.1 Å². The van der Waals surface area contributed by atoms with Crippen LogP contribution >= 0.6 is 0 Å². The minimum absolute atomic E-state index is 0.0465. The molecule has 3 rings (SSSR count). The molecule has 1 amide bonds. The lowest BCUT2D eigenvalue weighted by Gasteiger charge is -2.42. The topological polar surface area (TPSA) is 97.8 Å². The molecule has 2 aromatic carbocycles. The van der Waals surface area contributed by atoms with Gasteiger partial charge in [0.25, 0.3) is 10.0 Å². The van der Waals surface area contributed by atoms with Gasteiger partial charge in [-0.15, -0.1) is 0 Å². The van der Waals surface area contributed by atoms with Crippen LogP contribution < -0.4 is 14.3 Å². The summed E-state index contributed by atoms with van der Waals surface area (Å²) in [6.45, 7) is 0.433. The summed E-state index contributed by atoms with van der Waals surface area (Å²) in [7, 11) is -4.91. The third-order valence-electron chi connectivity index (χ3n) is 5.62. The highest BCUT2D eigenvalue weighted by molar-refractivity contribution is 7.92. The summed E-state index contributed by atoms with van der Waals surface area (Å²) in [5.41, 5.74) is -6.52. The van der Waals surface area contributed by atoms with E-state index < -0.39 is 80.4 Å². The number of amides is 1. The van der Waals surface area contributed by atoms with Crippen molar-refractivity contribution in [3.8, 4) is 0 Å². The van der Waals surface area contributed by atoms with E-state index in [-0.39, 0.29) is 22.6 Å². The fourth-order valence-corrected chi connectivity index (χ4v) is 5.10. The molecule has 0 fully saturated rings. The van der Waals surface area contributed by atoms with E-state index in [2.05, 4.69) is 0 Å². The van der Waals surface area contributed by atoms with Crippen LogP contribution in [0.5, 0.6) is 0 Å². The summed E-state index contributed by atoms with van der Waals surface area (Å²) < 4.78 is 121. The Labute approximate surface area is 199 Å². The highest BCUT2D eigenvalue weighted by Gasteiger charge is 2.52. The van der Waals surface area contributed by atoms with Crippen LogP contribution in [0.15, 0.2) is 41.3 Å². The zero-order chi connectivity index (χ0) is 27.4. The smallest absolute Gasteiger partial charge is 0.419 e. The van der Waals surface area contributed by atoms with Crippen LogP contribution in [0.4, 0.5) is 46.9 Å². The molecule has 0 saturated carbocycles. The summed E-state index contributed by atoms with van der Waals surface area (Å²) in [5.74, 6) is -2.38.